The van der Waals surface area contributed by atoms with Gasteiger partial charge < -0.3 is 19.3 Å². The van der Waals surface area contributed by atoms with Crippen LogP contribution in [0.5, 0.6) is 5.75 Å². The number of aromatic nitrogens is 1. The predicted octanol–water partition coefficient (Wildman–Crippen LogP) is 3.10. The Morgan fingerprint density at radius 1 is 1.27 bits per heavy atom. The zero-order valence-corrected chi connectivity index (χ0v) is 16.0. The third-order valence-corrected chi connectivity index (χ3v) is 4.62. The van der Waals surface area contributed by atoms with Crippen molar-refractivity contribution in [2.24, 2.45) is 0 Å². The third kappa shape index (κ3) is 5.52. The molecular formula is C18H22N2O5S. The van der Waals surface area contributed by atoms with E-state index in [1.54, 1.807) is 31.4 Å². The lowest BCUT2D eigenvalue weighted by atomic mass is 10.2. The Labute approximate surface area is 156 Å². The Hall–Kier alpha value is -2.48. The lowest BCUT2D eigenvalue weighted by Crippen LogP contribution is -2.30. The van der Waals surface area contributed by atoms with Gasteiger partial charge in [0.1, 0.15) is 11.5 Å². The number of methoxy groups -OCH3 is 1. The number of rotatable bonds is 8. The normalized spacial score (nSPS) is 11.7. The van der Waals surface area contributed by atoms with Crippen LogP contribution in [0, 0.1) is 13.8 Å². The number of hydrogen-bond acceptors (Lipinski definition) is 7. The molecule has 1 heterocycles. The fourth-order valence-electron chi connectivity index (χ4n) is 2.15. The topological polar surface area (TPSA) is 90.7 Å². The summed E-state index contributed by atoms with van der Waals surface area (Å²) in [6.07, 6.45) is -0.885. The average Bonchev–Trinajstić information content (AvgIpc) is 2.94. The Morgan fingerprint density at radius 3 is 2.54 bits per heavy atom. The number of hydrogen-bond donors (Lipinski definition) is 1. The molecule has 2 rings (SSSR count). The fraction of sp³-hybridized carbons (Fsp3) is 0.389. The summed E-state index contributed by atoms with van der Waals surface area (Å²) >= 11 is 1.39. The second kappa shape index (κ2) is 9.28. The first-order valence-corrected chi connectivity index (χ1v) is 9.20. The van der Waals surface area contributed by atoms with Gasteiger partial charge in [0.05, 0.1) is 18.6 Å². The number of esters is 1. The van der Waals surface area contributed by atoms with Gasteiger partial charge in [0.25, 0.3) is 5.91 Å². The van der Waals surface area contributed by atoms with E-state index < -0.39 is 12.1 Å². The molecule has 1 N–H and O–H groups in total. The number of carbonyl (C=O) groups is 2. The molecule has 0 saturated carbocycles. The summed E-state index contributed by atoms with van der Waals surface area (Å²) < 4.78 is 15.3. The first-order chi connectivity index (χ1) is 12.4. The highest BCUT2D eigenvalue weighted by Crippen LogP contribution is 2.20. The SMILES string of the molecule is COc1ccc(NC(=O)C(C)OC(=O)CSCc2c(C)noc2C)cc1. The zero-order chi connectivity index (χ0) is 19.1. The number of ether oxygens (including phenoxy) is 2. The van der Waals surface area contributed by atoms with E-state index in [1.807, 2.05) is 13.8 Å². The van der Waals surface area contributed by atoms with Gasteiger partial charge in [0.2, 0.25) is 0 Å². The first kappa shape index (κ1) is 19.8. The molecule has 140 valence electrons. The van der Waals surface area contributed by atoms with Gasteiger partial charge in [-0.1, -0.05) is 5.16 Å². The number of nitrogens with one attached hydrogen (secondary N) is 1. The molecule has 1 unspecified atom stereocenters. The maximum Gasteiger partial charge on any atom is 0.316 e. The van der Waals surface area contributed by atoms with E-state index in [0.717, 1.165) is 17.0 Å². The molecule has 0 aliphatic heterocycles. The minimum absolute atomic E-state index is 0.143. The molecule has 0 radical (unpaired) electrons. The Bertz CT molecular complexity index is 738. The third-order valence-electron chi connectivity index (χ3n) is 3.68. The summed E-state index contributed by atoms with van der Waals surface area (Å²) in [5, 5.41) is 6.56. The molecule has 0 bridgehead atoms. The Balaban J connectivity index is 1.75. The molecule has 1 aromatic heterocycles. The van der Waals surface area contributed by atoms with E-state index in [-0.39, 0.29) is 11.7 Å². The second-order valence-corrected chi connectivity index (χ2v) is 6.63. The molecule has 0 aliphatic carbocycles. The fourth-order valence-corrected chi connectivity index (χ4v) is 3.10. The van der Waals surface area contributed by atoms with Crippen LogP contribution in [-0.2, 0) is 20.1 Å². The van der Waals surface area contributed by atoms with Crippen LogP contribution in [0.4, 0.5) is 5.69 Å². The van der Waals surface area contributed by atoms with E-state index in [2.05, 4.69) is 10.5 Å². The van der Waals surface area contributed by atoms with Crippen LogP contribution in [0.15, 0.2) is 28.8 Å². The highest BCUT2D eigenvalue weighted by Gasteiger charge is 2.18. The van der Waals surface area contributed by atoms with E-state index in [1.165, 1.54) is 18.7 Å². The summed E-state index contributed by atoms with van der Waals surface area (Å²) in [5.74, 6) is 1.35. The standard InChI is InChI=1S/C18H22N2O5S/c1-11-16(12(2)25-20-11)9-26-10-17(21)24-13(3)18(22)19-14-5-7-15(23-4)8-6-14/h5-8,13H,9-10H2,1-4H3,(H,19,22). The summed E-state index contributed by atoms with van der Waals surface area (Å²) in [6.45, 7) is 5.23. The van der Waals surface area contributed by atoms with Gasteiger partial charge in [0.15, 0.2) is 6.10 Å². The van der Waals surface area contributed by atoms with Crippen molar-refractivity contribution in [1.82, 2.24) is 5.16 Å². The number of thioether (sulfide) groups is 1. The van der Waals surface area contributed by atoms with Crippen molar-refractivity contribution in [2.45, 2.75) is 32.6 Å². The van der Waals surface area contributed by atoms with Gasteiger partial charge in [-0.15, -0.1) is 11.8 Å². The minimum atomic E-state index is -0.885. The van der Waals surface area contributed by atoms with Gasteiger partial charge in [-0.2, -0.15) is 0 Å². The molecular weight excluding hydrogens is 356 g/mol. The van der Waals surface area contributed by atoms with Crippen molar-refractivity contribution in [3.63, 3.8) is 0 Å². The summed E-state index contributed by atoms with van der Waals surface area (Å²) in [7, 11) is 1.57. The molecule has 2 aromatic rings. The highest BCUT2D eigenvalue weighted by atomic mass is 32.2. The van der Waals surface area contributed by atoms with Crippen molar-refractivity contribution in [3.05, 3.63) is 41.3 Å². The van der Waals surface area contributed by atoms with Gasteiger partial charge in [-0.05, 0) is 45.0 Å². The summed E-state index contributed by atoms with van der Waals surface area (Å²) in [4.78, 5) is 24.0. The number of amides is 1. The van der Waals surface area contributed by atoms with Gasteiger partial charge in [-0.25, -0.2) is 0 Å². The molecule has 0 saturated heterocycles. The average molecular weight is 378 g/mol. The van der Waals surface area contributed by atoms with Gasteiger partial charge >= 0.3 is 5.97 Å². The van der Waals surface area contributed by atoms with E-state index in [9.17, 15) is 9.59 Å². The monoisotopic (exact) mass is 378 g/mol. The van der Waals surface area contributed by atoms with Crippen LogP contribution in [-0.4, -0.2) is 36.0 Å². The number of anilines is 1. The van der Waals surface area contributed by atoms with Gasteiger partial charge in [-0.3, -0.25) is 9.59 Å². The van der Waals surface area contributed by atoms with Crippen molar-refractivity contribution < 1.29 is 23.6 Å². The van der Waals surface area contributed by atoms with Crippen molar-refractivity contribution in [1.29, 1.82) is 0 Å². The summed E-state index contributed by atoms with van der Waals surface area (Å²) in [6, 6.07) is 6.89. The van der Waals surface area contributed by atoms with Crippen LogP contribution in [0.3, 0.4) is 0 Å². The quantitative estimate of drug-likeness (QED) is 0.706. The zero-order valence-electron chi connectivity index (χ0n) is 15.2. The summed E-state index contributed by atoms with van der Waals surface area (Å²) in [5.41, 5.74) is 2.40. The molecule has 1 amide bonds. The molecule has 0 fully saturated rings. The lowest BCUT2D eigenvalue weighted by Gasteiger charge is -2.13. The van der Waals surface area contributed by atoms with E-state index in [4.69, 9.17) is 14.0 Å². The van der Waals surface area contributed by atoms with Gasteiger partial charge in [0, 0.05) is 17.0 Å². The number of benzene rings is 1. The van der Waals surface area contributed by atoms with E-state index >= 15 is 0 Å². The van der Waals surface area contributed by atoms with Crippen LogP contribution in [0.2, 0.25) is 0 Å². The lowest BCUT2D eigenvalue weighted by molar-refractivity contribution is -0.150. The Morgan fingerprint density at radius 2 is 1.96 bits per heavy atom. The molecule has 1 atom stereocenters. The molecule has 1 aromatic carbocycles. The maximum absolute atomic E-state index is 12.1. The van der Waals surface area contributed by atoms with Crippen LogP contribution in [0.25, 0.3) is 0 Å². The molecule has 26 heavy (non-hydrogen) atoms. The largest absolute Gasteiger partial charge is 0.497 e. The number of carbonyl (C=O) groups excluding carboxylic acids is 2. The maximum atomic E-state index is 12.1. The number of aryl methyl sites for hydroxylation is 2. The molecule has 0 spiro atoms. The first-order valence-electron chi connectivity index (χ1n) is 8.04. The highest BCUT2D eigenvalue weighted by molar-refractivity contribution is 7.99. The smallest absolute Gasteiger partial charge is 0.316 e. The number of nitrogens with zero attached hydrogens (tertiary/aromatic N) is 1. The van der Waals surface area contributed by atoms with Crippen molar-refractivity contribution in [3.8, 4) is 5.75 Å². The minimum Gasteiger partial charge on any atom is -0.497 e. The van der Waals surface area contributed by atoms with Crippen LogP contribution < -0.4 is 10.1 Å². The van der Waals surface area contributed by atoms with Crippen LogP contribution in [0.1, 0.15) is 23.9 Å². The van der Waals surface area contributed by atoms with Crippen molar-refractivity contribution in [2.75, 3.05) is 18.2 Å². The Kier molecular flexibility index (Phi) is 7.08. The molecule has 8 heteroatoms. The van der Waals surface area contributed by atoms with Crippen LogP contribution >= 0.6 is 11.8 Å². The predicted molar refractivity (Wildman–Crippen MR) is 99.3 cm³/mol. The van der Waals surface area contributed by atoms with E-state index in [0.29, 0.717) is 17.2 Å². The molecule has 7 nitrogen and oxygen atoms in total. The second-order valence-electron chi connectivity index (χ2n) is 5.65. The molecule has 0 aliphatic rings. The van der Waals surface area contributed by atoms with Crippen molar-refractivity contribution >= 4 is 29.3 Å².